The fourth-order valence-electron chi connectivity index (χ4n) is 2.77. The highest BCUT2D eigenvalue weighted by Gasteiger charge is 2.23. The van der Waals surface area contributed by atoms with Crippen molar-refractivity contribution >= 4 is 23.3 Å². The number of carbonyl (C=O) groups excluding carboxylic acids is 2. The highest BCUT2D eigenvalue weighted by Crippen LogP contribution is 2.14. The van der Waals surface area contributed by atoms with Gasteiger partial charge in [-0.05, 0) is 23.4 Å². The number of nitrogens with one attached hydrogen (secondary N) is 1. The first-order valence-corrected chi connectivity index (χ1v) is 9.01. The van der Waals surface area contributed by atoms with E-state index in [2.05, 4.69) is 5.32 Å². The van der Waals surface area contributed by atoms with Crippen molar-refractivity contribution in [2.24, 2.45) is 0 Å². The molecule has 0 aliphatic carbocycles. The Labute approximate surface area is 145 Å². The fraction of sp³-hybridized carbons (Fsp3) is 0.333. The van der Waals surface area contributed by atoms with Crippen LogP contribution in [0.2, 0.25) is 0 Å². The summed E-state index contributed by atoms with van der Waals surface area (Å²) in [6, 6.07) is 13.5. The number of thiophene rings is 1. The van der Waals surface area contributed by atoms with E-state index >= 15 is 0 Å². The number of rotatable bonds is 3. The molecule has 0 spiro atoms. The number of nitrogens with zero attached hydrogens (tertiary/aromatic N) is 2. The topological polar surface area (TPSA) is 52.7 Å². The van der Waals surface area contributed by atoms with E-state index in [0.29, 0.717) is 32.7 Å². The maximum absolute atomic E-state index is 12.4. The summed E-state index contributed by atoms with van der Waals surface area (Å²) in [6.07, 6.45) is 0.801. The van der Waals surface area contributed by atoms with Crippen LogP contribution < -0.4 is 5.32 Å². The summed E-state index contributed by atoms with van der Waals surface area (Å²) in [6.45, 7) is 3.04. The minimum absolute atomic E-state index is 0.0655. The Balaban J connectivity index is 1.51. The molecular formula is C18H21N3O2S. The van der Waals surface area contributed by atoms with Gasteiger partial charge in [0, 0.05) is 32.7 Å². The summed E-state index contributed by atoms with van der Waals surface area (Å²) in [4.78, 5) is 29.2. The first-order chi connectivity index (χ1) is 11.7. The molecular weight excluding hydrogens is 322 g/mol. The number of hydrogen-bond acceptors (Lipinski definition) is 3. The number of hydrogen-bond donors (Lipinski definition) is 1. The van der Waals surface area contributed by atoms with E-state index in [1.807, 2.05) is 52.7 Å². The van der Waals surface area contributed by atoms with E-state index in [4.69, 9.17) is 0 Å². The van der Waals surface area contributed by atoms with Crippen molar-refractivity contribution in [3.8, 4) is 0 Å². The van der Waals surface area contributed by atoms with Crippen LogP contribution in [0.1, 0.15) is 21.7 Å². The summed E-state index contributed by atoms with van der Waals surface area (Å²) >= 11 is 1.46. The lowest BCUT2D eigenvalue weighted by molar-refractivity contribution is 0.0767. The first kappa shape index (κ1) is 16.5. The van der Waals surface area contributed by atoms with Crippen LogP contribution in [0.25, 0.3) is 0 Å². The molecule has 1 N–H and O–H groups in total. The zero-order chi connectivity index (χ0) is 16.8. The van der Waals surface area contributed by atoms with Crippen molar-refractivity contribution in [2.45, 2.75) is 13.0 Å². The van der Waals surface area contributed by atoms with Gasteiger partial charge in [0.05, 0.1) is 4.88 Å². The molecule has 0 saturated carbocycles. The van der Waals surface area contributed by atoms with Gasteiger partial charge < -0.3 is 15.1 Å². The van der Waals surface area contributed by atoms with Gasteiger partial charge in [-0.25, -0.2) is 4.79 Å². The molecule has 126 valence electrons. The molecule has 0 bridgehead atoms. The van der Waals surface area contributed by atoms with E-state index in [-0.39, 0.29) is 11.9 Å². The second-order valence-corrected chi connectivity index (χ2v) is 6.70. The fourth-order valence-corrected chi connectivity index (χ4v) is 3.46. The average molecular weight is 343 g/mol. The largest absolute Gasteiger partial charge is 0.336 e. The van der Waals surface area contributed by atoms with Crippen LogP contribution in [0, 0.1) is 0 Å². The van der Waals surface area contributed by atoms with E-state index < -0.39 is 0 Å². The van der Waals surface area contributed by atoms with Gasteiger partial charge in [-0.15, -0.1) is 11.3 Å². The van der Waals surface area contributed by atoms with Crippen LogP contribution in [0.5, 0.6) is 0 Å². The van der Waals surface area contributed by atoms with Crippen molar-refractivity contribution in [3.63, 3.8) is 0 Å². The predicted molar refractivity (Wildman–Crippen MR) is 95.1 cm³/mol. The molecule has 1 aromatic carbocycles. The third kappa shape index (κ3) is 4.14. The Kier molecular flexibility index (Phi) is 5.48. The quantitative estimate of drug-likeness (QED) is 0.932. The number of carbonyl (C=O) groups is 2. The van der Waals surface area contributed by atoms with Gasteiger partial charge in [-0.2, -0.15) is 0 Å². The summed E-state index contributed by atoms with van der Waals surface area (Å²) < 4.78 is 0. The van der Waals surface area contributed by atoms with Crippen LogP contribution in [0.15, 0.2) is 47.8 Å². The van der Waals surface area contributed by atoms with Crippen LogP contribution in [0.3, 0.4) is 0 Å². The standard InChI is InChI=1S/C18H21N3O2S/c22-17(16-8-4-13-24-16)20-9-5-10-21(12-11-20)18(23)19-14-15-6-2-1-3-7-15/h1-4,6-8,13H,5,9-12,14H2,(H,19,23). The van der Waals surface area contributed by atoms with Gasteiger partial charge >= 0.3 is 6.03 Å². The minimum atomic E-state index is -0.0655. The summed E-state index contributed by atoms with van der Waals surface area (Å²) in [7, 11) is 0. The van der Waals surface area contributed by atoms with Gasteiger partial charge in [-0.1, -0.05) is 36.4 Å². The Morgan fingerprint density at radius 3 is 2.46 bits per heavy atom. The maximum atomic E-state index is 12.4. The molecule has 6 heteroatoms. The molecule has 5 nitrogen and oxygen atoms in total. The van der Waals surface area contributed by atoms with Crippen LogP contribution >= 0.6 is 11.3 Å². The van der Waals surface area contributed by atoms with Gasteiger partial charge in [-0.3, -0.25) is 4.79 Å². The molecule has 3 amide bonds. The molecule has 1 aromatic heterocycles. The molecule has 2 aromatic rings. The molecule has 0 unspecified atom stereocenters. The molecule has 2 heterocycles. The number of urea groups is 1. The molecule has 0 radical (unpaired) electrons. The number of benzene rings is 1. The minimum Gasteiger partial charge on any atom is -0.336 e. The molecule has 0 atom stereocenters. The van der Waals surface area contributed by atoms with Crippen LogP contribution in [-0.2, 0) is 6.54 Å². The summed E-state index contributed by atoms with van der Waals surface area (Å²) in [5, 5.41) is 4.86. The van der Waals surface area contributed by atoms with Crippen molar-refractivity contribution in [1.29, 1.82) is 0 Å². The zero-order valence-corrected chi connectivity index (χ0v) is 14.3. The molecule has 1 saturated heterocycles. The van der Waals surface area contributed by atoms with E-state index in [9.17, 15) is 9.59 Å². The van der Waals surface area contributed by atoms with E-state index in [1.165, 1.54) is 11.3 Å². The molecule has 1 fully saturated rings. The molecule has 3 rings (SSSR count). The van der Waals surface area contributed by atoms with Crippen molar-refractivity contribution in [2.75, 3.05) is 26.2 Å². The second-order valence-electron chi connectivity index (χ2n) is 5.75. The van der Waals surface area contributed by atoms with Gasteiger partial charge in [0.15, 0.2) is 0 Å². The smallest absolute Gasteiger partial charge is 0.317 e. The van der Waals surface area contributed by atoms with E-state index in [1.54, 1.807) is 4.90 Å². The van der Waals surface area contributed by atoms with Gasteiger partial charge in [0.2, 0.25) is 0 Å². The summed E-state index contributed by atoms with van der Waals surface area (Å²) in [5.74, 6) is 0.0662. The van der Waals surface area contributed by atoms with Crippen LogP contribution in [-0.4, -0.2) is 47.9 Å². The second kappa shape index (κ2) is 7.97. The van der Waals surface area contributed by atoms with Crippen molar-refractivity contribution < 1.29 is 9.59 Å². The Bertz CT molecular complexity index is 673. The molecule has 1 aliphatic heterocycles. The maximum Gasteiger partial charge on any atom is 0.317 e. The number of amides is 3. The lowest BCUT2D eigenvalue weighted by atomic mass is 10.2. The first-order valence-electron chi connectivity index (χ1n) is 8.13. The van der Waals surface area contributed by atoms with Gasteiger partial charge in [0.1, 0.15) is 0 Å². The van der Waals surface area contributed by atoms with Crippen LogP contribution in [0.4, 0.5) is 4.79 Å². The Hall–Kier alpha value is -2.34. The van der Waals surface area contributed by atoms with Crippen molar-refractivity contribution in [3.05, 3.63) is 58.3 Å². The third-order valence-corrected chi connectivity index (χ3v) is 4.95. The van der Waals surface area contributed by atoms with Gasteiger partial charge in [0.25, 0.3) is 5.91 Å². The van der Waals surface area contributed by atoms with Crippen molar-refractivity contribution in [1.82, 2.24) is 15.1 Å². The highest BCUT2D eigenvalue weighted by atomic mass is 32.1. The normalized spacial score (nSPS) is 15.0. The monoisotopic (exact) mass is 343 g/mol. The lowest BCUT2D eigenvalue weighted by Gasteiger charge is -2.22. The Morgan fingerprint density at radius 1 is 0.958 bits per heavy atom. The third-order valence-electron chi connectivity index (χ3n) is 4.09. The average Bonchev–Trinajstić information content (AvgIpc) is 3.04. The Morgan fingerprint density at radius 2 is 1.71 bits per heavy atom. The van der Waals surface area contributed by atoms with E-state index in [0.717, 1.165) is 16.9 Å². The summed E-state index contributed by atoms with van der Waals surface area (Å²) in [5.41, 5.74) is 1.08. The lowest BCUT2D eigenvalue weighted by Crippen LogP contribution is -2.42. The molecule has 1 aliphatic rings. The highest BCUT2D eigenvalue weighted by molar-refractivity contribution is 7.12. The SMILES string of the molecule is O=C(NCc1ccccc1)N1CCCN(C(=O)c2cccs2)CC1. The molecule has 24 heavy (non-hydrogen) atoms. The predicted octanol–water partition coefficient (Wildman–Crippen LogP) is 2.81. The zero-order valence-electron chi connectivity index (χ0n) is 13.5.